The lowest BCUT2D eigenvalue weighted by Gasteiger charge is -2.40. The molecule has 3 saturated heterocycles. The smallest absolute Gasteiger partial charge is 0.160 e. The Labute approximate surface area is 123 Å². The highest BCUT2D eigenvalue weighted by Crippen LogP contribution is 2.33. The number of aromatic nitrogens is 1. The summed E-state index contributed by atoms with van der Waals surface area (Å²) in [4.78, 5) is 2.50. The number of hydrogen-bond donors (Lipinski definition) is 1. The van der Waals surface area contributed by atoms with Gasteiger partial charge in [0.2, 0.25) is 0 Å². The summed E-state index contributed by atoms with van der Waals surface area (Å²) in [6, 6.07) is 8.98. The number of piperidine rings is 3. The van der Waals surface area contributed by atoms with E-state index in [2.05, 4.69) is 16.1 Å². The maximum atomic E-state index is 9.33. The van der Waals surface area contributed by atoms with Gasteiger partial charge in [-0.2, -0.15) is 0 Å². The summed E-state index contributed by atoms with van der Waals surface area (Å²) in [5.74, 6) is 1.80. The molecular formula is C17H18N2O2. The molecule has 4 nitrogen and oxygen atoms in total. The summed E-state index contributed by atoms with van der Waals surface area (Å²) in [5.41, 5.74) is 3.24. The molecule has 0 radical (unpaired) electrons. The Balaban J connectivity index is 1.58. The fraction of sp³-hybridized carbons (Fsp3) is 0.353. The average Bonchev–Trinajstić information content (AvgIpc) is 2.98. The number of hydrogen-bond acceptors (Lipinski definition) is 4. The second-order valence-electron chi connectivity index (χ2n) is 5.93. The average molecular weight is 282 g/mol. The largest absolute Gasteiger partial charge is 0.508 e. The molecule has 0 atom stereocenters. The molecule has 108 valence electrons. The number of phenols is 1. The van der Waals surface area contributed by atoms with E-state index in [1.807, 2.05) is 18.2 Å². The molecule has 0 saturated carbocycles. The standard InChI is InChI=1S/C17H18N2O2/c20-15-3-1-13(2-4-15)17-10-16(21-18-17)9-14-11-19-7-5-12(14)6-8-19/h1-4,9-10,12,20H,5-8,11H2/b14-9+. The molecular weight excluding hydrogens is 264 g/mol. The lowest BCUT2D eigenvalue weighted by molar-refractivity contribution is 0.163. The SMILES string of the molecule is Oc1ccc(-c2cc(/C=C3\CN4CCC3CC4)on2)cc1. The van der Waals surface area contributed by atoms with E-state index in [0.29, 0.717) is 0 Å². The van der Waals surface area contributed by atoms with Gasteiger partial charge in [-0.3, -0.25) is 4.90 Å². The quantitative estimate of drug-likeness (QED) is 0.919. The van der Waals surface area contributed by atoms with Gasteiger partial charge in [-0.1, -0.05) is 5.16 Å². The molecule has 2 aromatic rings. The minimum absolute atomic E-state index is 0.261. The molecule has 0 spiro atoms. The topological polar surface area (TPSA) is 49.5 Å². The molecule has 1 aromatic carbocycles. The van der Waals surface area contributed by atoms with Crippen LogP contribution in [0, 0.1) is 5.92 Å². The Morgan fingerprint density at radius 3 is 2.62 bits per heavy atom. The van der Waals surface area contributed by atoms with E-state index in [0.717, 1.165) is 29.5 Å². The zero-order valence-corrected chi connectivity index (χ0v) is 11.8. The van der Waals surface area contributed by atoms with Crippen LogP contribution in [0.1, 0.15) is 18.6 Å². The summed E-state index contributed by atoms with van der Waals surface area (Å²) in [5, 5.41) is 13.5. The van der Waals surface area contributed by atoms with Crippen molar-refractivity contribution in [2.45, 2.75) is 12.8 Å². The van der Waals surface area contributed by atoms with Gasteiger partial charge in [-0.15, -0.1) is 0 Å². The monoisotopic (exact) mass is 282 g/mol. The Bertz CT molecular complexity index is 664. The molecule has 21 heavy (non-hydrogen) atoms. The second-order valence-corrected chi connectivity index (χ2v) is 5.93. The van der Waals surface area contributed by atoms with Gasteiger partial charge in [-0.05, 0) is 67.8 Å². The van der Waals surface area contributed by atoms with Crippen LogP contribution in [-0.4, -0.2) is 34.8 Å². The summed E-state index contributed by atoms with van der Waals surface area (Å²) in [6.07, 6.45) is 4.70. The van der Waals surface area contributed by atoms with Gasteiger partial charge in [0.05, 0.1) is 0 Å². The normalized spacial score (nSPS) is 26.4. The van der Waals surface area contributed by atoms with Crippen molar-refractivity contribution in [2.24, 2.45) is 5.92 Å². The van der Waals surface area contributed by atoms with Crippen LogP contribution in [0.4, 0.5) is 0 Å². The van der Waals surface area contributed by atoms with Crippen molar-refractivity contribution in [2.75, 3.05) is 19.6 Å². The number of benzene rings is 1. The first-order chi connectivity index (χ1) is 10.3. The Hall–Kier alpha value is -2.07. The van der Waals surface area contributed by atoms with Gasteiger partial charge in [0.15, 0.2) is 5.76 Å². The highest BCUT2D eigenvalue weighted by atomic mass is 16.5. The lowest BCUT2D eigenvalue weighted by atomic mass is 9.83. The molecule has 4 heterocycles. The lowest BCUT2D eigenvalue weighted by Crippen LogP contribution is -2.42. The van der Waals surface area contributed by atoms with Crippen molar-refractivity contribution in [3.8, 4) is 17.0 Å². The first-order valence-electron chi connectivity index (χ1n) is 7.47. The molecule has 1 N–H and O–H groups in total. The molecule has 0 amide bonds. The van der Waals surface area contributed by atoms with Crippen LogP contribution in [0.3, 0.4) is 0 Å². The summed E-state index contributed by atoms with van der Waals surface area (Å²) >= 11 is 0. The molecule has 2 bridgehead atoms. The van der Waals surface area contributed by atoms with Crippen molar-refractivity contribution in [3.05, 3.63) is 41.7 Å². The number of rotatable bonds is 2. The van der Waals surface area contributed by atoms with Crippen LogP contribution in [0.25, 0.3) is 17.3 Å². The molecule has 0 unspecified atom stereocenters. The van der Waals surface area contributed by atoms with Gasteiger partial charge in [0, 0.05) is 18.2 Å². The number of nitrogens with zero attached hydrogens (tertiary/aromatic N) is 2. The van der Waals surface area contributed by atoms with Crippen molar-refractivity contribution in [3.63, 3.8) is 0 Å². The van der Waals surface area contributed by atoms with Crippen molar-refractivity contribution >= 4 is 6.08 Å². The van der Waals surface area contributed by atoms with Crippen molar-refractivity contribution in [1.29, 1.82) is 0 Å². The fourth-order valence-corrected chi connectivity index (χ4v) is 3.32. The molecule has 5 rings (SSSR count). The molecule has 3 fully saturated rings. The van der Waals surface area contributed by atoms with Crippen molar-refractivity contribution in [1.82, 2.24) is 10.1 Å². The molecule has 3 aliphatic heterocycles. The molecule has 4 heteroatoms. The van der Waals surface area contributed by atoms with Crippen LogP contribution in [0.5, 0.6) is 5.75 Å². The third-order valence-corrected chi connectivity index (χ3v) is 4.54. The predicted molar refractivity (Wildman–Crippen MR) is 80.7 cm³/mol. The summed E-state index contributed by atoms with van der Waals surface area (Å²) < 4.78 is 5.45. The summed E-state index contributed by atoms with van der Waals surface area (Å²) in [7, 11) is 0. The van der Waals surface area contributed by atoms with E-state index in [1.165, 1.54) is 31.5 Å². The fourth-order valence-electron chi connectivity index (χ4n) is 3.32. The van der Waals surface area contributed by atoms with Crippen LogP contribution in [0.2, 0.25) is 0 Å². The predicted octanol–water partition coefficient (Wildman–Crippen LogP) is 3.16. The van der Waals surface area contributed by atoms with E-state index in [9.17, 15) is 5.11 Å². The Kier molecular flexibility index (Phi) is 3.04. The van der Waals surface area contributed by atoms with Crippen molar-refractivity contribution < 1.29 is 9.63 Å². The van der Waals surface area contributed by atoms with E-state index >= 15 is 0 Å². The van der Waals surface area contributed by atoms with Gasteiger partial charge >= 0.3 is 0 Å². The van der Waals surface area contributed by atoms with Gasteiger partial charge < -0.3 is 9.63 Å². The molecule has 0 aliphatic carbocycles. The zero-order valence-electron chi connectivity index (χ0n) is 11.8. The number of aromatic hydroxyl groups is 1. The Morgan fingerprint density at radius 1 is 1.19 bits per heavy atom. The van der Waals surface area contributed by atoms with Gasteiger partial charge in [0.25, 0.3) is 0 Å². The van der Waals surface area contributed by atoms with E-state index < -0.39 is 0 Å². The third-order valence-electron chi connectivity index (χ3n) is 4.54. The summed E-state index contributed by atoms with van der Waals surface area (Å²) in [6.45, 7) is 3.54. The van der Waals surface area contributed by atoms with E-state index in [4.69, 9.17) is 4.52 Å². The minimum Gasteiger partial charge on any atom is -0.508 e. The Morgan fingerprint density at radius 2 is 1.95 bits per heavy atom. The van der Waals surface area contributed by atoms with E-state index in [1.54, 1.807) is 12.1 Å². The van der Waals surface area contributed by atoms with Crippen LogP contribution < -0.4 is 0 Å². The molecule has 3 aliphatic rings. The second kappa shape index (κ2) is 5.04. The van der Waals surface area contributed by atoms with Gasteiger partial charge in [-0.25, -0.2) is 0 Å². The number of phenolic OH excluding ortho intramolecular Hbond substituents is 1. The van der Waals surface area contributed by atoms with Crippen LogP contribution in [-0.2, 0) is 0 Å². The maximum absolute atomic E-state index is 9.33. The third kappa shape index (κ3) is 2.47. The zero-order chi connectivity index (χ0) is 14.2. The highest BCUT2D eigenvalue weighted by molar-refractivity contribution is 5.63. The first kappa shape index (κ1) is 12.7. The first-order valence-corrected chi connectivity index (χ1v) is 7.47. The van der Waals surface area contributed by atoms with Crippen LogP contribution in [0.15, 0.2) is 40.4 Å². The van der Waals surface area contributed by atoms with Gasteiger partial charge in [0.1, 0.15) is 11.4 Å². The number of fused-ring (bicyclic) bond motifs is 3. The molecule has 1 aromatic heterocycles. The minimum atomic E-state index is 0.261. The van der Waals surface area contributed by atoms with E-state index in [-0.39, 0.29) is 5.75 Å². The highest BCUT2D eigenvalue weighted by Gasteiger charge is 2.29. The maximum Gasteiger partial charge on any atom is 0.160 e. The van der Waals surface area contributed by atoms with Crippen LogP contribution >= 0.6 is 0 Å².